The third-order valence-electron chi connectivity index (χ3n) is 3.45. The molecule has 1 heterocycles. The minimum atomic E-state index is -0.230. The molecule has 0 saturated carbocycles. The van der Waals surface area contributed by atoms with Gasteiger partial charge in [0.25, 0.3) is 0 Å². The molecule has 1 aromatic carbocycles. The Hall–Kier alpha value is -1.84. The molecule has 0 aliphatic rings. The predicted molar refractivity (Wildman–Crippen MR) is 81.1 cm³/mol. The summed E-state index contributed by atoms with van der Waals surface area (Å²) in [4.78, 5) is 4.69. The van der Waals surface area contributed by atoms with Crippen LogP contribution in [0.25, 0.3) is 11.3 Å². The van der Waals surface area contributed by atoms with Crippen molar-refractivity contribution < 1.29 is 4.39 Å². The molecule has 108 valence electrons. The minimum absolute atomic E-state index is 0.230. The van der Waals surface area contributed by atoms with Gasteiger partial charge in [0.05, 0.1) is 0 Å². The Morgan fingerprint density at radius 2 is 2.00 bits per heavy atom. The Labute approximate surface area is 119 Å². The van der Waals surface area contributed by atoms with Crippen molar-refractivity contribution in [2.45, 2.75) is 46.6 Å². The Morgan fingerprint density at radius 1 is 1.25 bits per heavy atom. The van der Waals surface area contributed by atoms with Crippen LogP contribution in [0.3, 0.4) is 0 Å². The molecule has 0 bridgehead atoms. The lowest BCUT2D eigenvalue weighted by atomic mass is 10.1. The lowest BCUT2D eigenvalue weighted by Crippen LogP contribution is -2.06. The van der Waals surface area contributed by atoms with Gasteiger partial charge >= 0.3 is 0 Å². The Bertz CT molecular complexity index is 602. The first-order chi connectivity index (χ1) is 9.58. The molecule has 0 atom stereocenters. The number of benzene rings is 1. The van der Waals surface area contributed by atoms with Crippen molar-refractivity contribution in [3.63, 3.8) is 0 Å². The first-order valence-electron chi connectivity index (χ1n) is 7.19. The first kappa shape index (κ1) is 14.6. The molecule has 2 rings (SSSR count). The molecule has 0 radical (unpaired) electrons. The van der Waals surface area contributed by atoms with E-state index in [0.29, 0.717) is 5.82 Å². The molecule has 0 unspecified atom stereocenters. The maximum absolute atomic E-state index is 13.2. The third-order valence-corrected chi connectivity index (χ3v) is 3.45. The zero-order valence-electron chi connectivity index (χ0n) is 12.4. The van der Waals surface area contributed by atoms with E-state index in [1.165, 1.54) is 12.1 Å². The summed E-state index contributed by atoms with van der Waals surface area (Å²) in [5.74, 6) is 1.47. The Balaban J connectivity index is 2.53. The van der Waals surface area contributed by atoms with Crippen LogP contribution in [-0.4, -0.2) is 9.55 Å². The van der Waals surface area contributed by atoms with E-state index in [1.807, 2.05) is 6.92 Å². The fraction of sp³-hybridized carbons (Fsp3) is 0.438. The number of imidazole rings is 1. The molecule has 0 spiro atoms. The molecule has 2 aromatic rings. The van der Waals surface area contributed by atoms with Crippen molar-refractivity contribution >= 4 is 5.82 Å². The quantitative estimate of drug-likeness (QED) is 0.898. The van der Waals surface area contributed by atoms with Gasteiger partial charge in [-0.3, -0.25) is 0 Å². The molecular weight excluding hydrogens is 253 g/mol. The van der Waals surface area contributed by atoms with Crippen LogP contribution in [0.5, 0.6) is 0 Å². The van der Waals surface area contributed by atoms with Gasteiger partial charge in [0.15, 0.2) is 0 Å². The summed E-state index contributed by atoms with van der Waals surface area (Å²) in [6.45, 7) is 7.01. The van der Waals surface area contributed by atoms with Crippen molar-refractivity contribution in [2.75, 3.05) is 5.73 Å². The van der Waals surface area contributed by atoms with E-state index in [0.717, 1.165) is 48.5 Å². The van der Waals surface area contributed by atoms with Gasteiger partial charge < -0.3 is 10.3 Å². The highest BCUT2D eigenvalue weighted by Crippen LogP contribution is 2.30. The molecule has 0 aliphatic heterocycles. The van der Waals surface area contributed by atoms with Crippen LogP contribution in [0.1, 0.15) is 38.1 Å². The molecule has 0 fully saturated rings. The third kappa shape index (κ3) is 2.69. The fourth-order valence-corrected chi connectivity index (χ4v) is 2.49. The van der Waals surface area contributed by atoms with Crippen molar-refractivity contribution in [1.82, 2.24) is 9.55 Å². The maximum atomic E-state index is 13.2. The van der Waals surface area contributed by atoms with Crippen LogP contribution >= 0.6 is 0 Å². The number of anilines is 1. The summed E-state index contributed by atoms with van der Waals surface area (Å²) < 4.78 is 15.3. The van der Waals surface area contributed by atoms with Gasteiger partial charge in [-0.2, -0.15) is 0 Å². The van der Waals surface area contributed by atoms with Gasteiger partial charge in [-0.1, -0.05) is 13.8 Å². The lowest BCUT2D eigenvalue weighted by Gasteiger charge is -2.08. The van der Waals surface area contributed by atoms with Gasteiger partial charge in [0.1, 0.15) is 23.2 Å². The Morgan fingerprint density at radius 3 is 2.60 bits per heavy atom. The number of rotatable bonds is 5. The van der Waals surface area contributed by atoms with Crippen molar-refractivity contribution in [2.24, 2.45) is 0 Å². The molecule has 0 amide bonds. The number of hydrogen-bond donors (Lipinski definition) is 1. The van der Waals surface area contributed by atoms with E-state index >= 15 is 0 Å². The Kier molecular flexibility index (Phi) is 4.42. The molecule has 0 aliphatic carbocycles. The van der Waals surface area contributed by atoms with Gasteiger partial charge in [-0.15, -0.1) is 0 Å². The molecule has 4 heteroatoms. The van der Waals surface area contributed by atoms with Crippen LogP contribution in [0.4, 0.5) is 10.2 Å². The van der Waals surface area contributed by atoms with Gasteiger partial charge in [-0.25, -0.2) is 9.37 Å². The van der Waals surface area contributed by atoms with E-state index < -0.39 is 0 Å². The second kappa shape index (κ2) is 6.07. The highest BCUT2D eigenvalue weighted by molar-refractivity contribution is 5.73. The molecule has 2 N–H and O–H groups in total. The second-order valence-corrected chi connectivity index (χ2v) is 5.12. The highest BCUT2D eigenvalue weighted by atomic mass is 19.1. The number of aryl methyl sites for hydroxylation is 2. The maximum Gasteiger partial charge on any atom is 0.131 e. The lowest BCUT2D eigenvalue weighted by molar-refractivity contribution is 0.627. The number of nitrogen functional groups attached to an aromatic ring is 1. The summed E-state index contributed by atoms with van der Waals surface area (Å²) >= 11 is 0. The van der Waals surface area contributed by atoms with Crippen LogP contribution < -0.4 is 5.73 Å². The summed E-state index contributed by atoms with van der Waals surface area (Å²) in [6.07, 6.45) is 2.95. The van der Waals surface area contributed by atoms with Crippen molar-refractivity contribution in [3.8, 4) is 11.3 Å². The average molecular weight is 275 g/mol. The standard InChI is InChI=1S/C16H22FN3/c1-4-6-14-19-15(16(18)20(14)9-5-2)13-8-7-12(17)10-11(13)3/h7-8,10H,4-6,9,18H2,1-3H3. The first-order valence-corrected chi connectivity index (χ1v) is 7.19. The van der Waals surface area contributed by atoms with Crippen LogP contribution in [0, 0.1) is 12.7 Å². The minimum Gasteiger partial charge on any atom is -0.383 e. The van der Waals surface area contributed by atoms with Crippen molar-refractivity contribution in [1.29, 1.82) is 0 Å². The van der Waals surface area contributed by atoms with E-state index in [4.69, 9.17) is 10.7 Å². The highest BCUT2D eigenvalue weighted by Gasteiger charge is 2.16. The molecule has 20 heavy (non-hydrogen) atoms. The van der Waals surface area contributed by atoms with Crippen LogP contribution in [-0.2, 0) is 13.0 Å². The molecule has 3 nitrogen and oxygen atoms in total. The van der Waals surface area contributed by atoms with E-state index in [2.05, 4.69) is 18.4 Å². The number of aromatic nitrogens is 2. The van der Waals surface area contributed by atoms with E-state index in [-0.39, 0.29) is 5.82 Å². The van der Waals surface area contributed by atoms with E-state index in [1.54, 1.807) is 6.07 Å². The van der Waals surface area contributed by atoms with Crippen LogP contribution in [0.2, 0.25) is 0 Å². The van der Waals surface area contributed by atoms with Gasteiger partial charge in [0, 0.05) is 18.5 Å². The largest absolute Gasteiger partial charge is 0.383 e. The van der Waals surface area contributed by atoms with Gasteiger partial charge in [0.2, 0.25) is 0 Å². The second-order valence-electron chi connectivity index (χ2n) is 5.12. The SMILES string of the molecule is CCCc1nc(-c2ccc(F)cc2C)c(N)n1CCC. The number of nitrogens with two attached hydrogens (primary N) is 1. The molecule has 0 saturated heterocycles. The summed E-state index contributed by atoms with van der Waals surface area (Å²) in [5.41, 5.74) is 8.82. The van der Waals surface area contributed by atoms with Crippen molar-refractivity contribution in [3.05, 3.63) is 35.4 Å². The molecule has 1 aromatic heterocycles. The normalized spacial score (nSPS) is 11.0. The zero-order valence-corrected chi connectivity index (χ0v) is 12.4. The van der Waals surface area contributed by atoms with E-state index in [9.17, 15) is 4.39 Å². The topological polar surface area (TPSA) is 43.8 Å². The monoisotopic (exact) mass is 275 g/mol. The average Bonchev–Trinajstić information content (AvgIpc) is 2.69. The number of hydrogen-bond acceptors (Lipinski definition) is 2. The summed E-state index contributed by atoms with van der Waals surface area (Å²) in [5, 5.41) is 0. The summed E-state index contributed by atoms with van der Waals surface area (Å²) in [6, 6.07) is 4.74. The number of halogens is 1. The summed E-state index contributed by atoms with van der Waals surface area (Å²) in [7, 11) is 0. The fourth-order valence-electron chi connectivity index (χ4n) is 2.49. The zero-order chi connectivity index (χ0) is 14.7. The number of nitrogens with zero attached hydrogens (tertiary/aromatic N) is 2. The predicted octanol–water partition coefficient (Wildman–Crippen LogP) is 3.94. The van der Waals surface area contributed by atoms with Crippen LogP contribution in [0.15, 0.2) is 18.2 Å². The molecular formula is C16H22FN3. The van der Waals surface area contributed by atoms with Gasteiger partial charge in [-0.05, 0) is 43.5 Å². The smallest absolute Gasteiger partial charge is 0.131 e.